The minimum atomic E-state index is -1.75. The number of methoxy groups -OCH3 is 1. The van der Waals surface area contributed by atoms with Crippen molar-refractivity contribution in [3.63, 3.8) is 0 Å². The predicted molar refractivity (Wildman–Crippen MR) is 108 cm³/mol. The molecule has 29 heavy (non-hydrogen) atoms. The number of ether oxygens (including phenoxy) is 2. The van der Waals surface area contributed by atoms with Gasteiger partial charge < -0.3 is 19.7 Å². The first-order valence-corrected chi connectivity index (χ1v) is 9.44. The van der Waals surface area contributed by atoms with Crippen molar-refractivity contribution in [2.45, 2.75) is 17.0 Å². The zero-order valence-electron chi connectivity index (χ0n) is 15.7. The Labute approximate surface area is 171 Å². The van der Waals surface area contributed by atoms with Gasteiger partial charge in [0.25, 0.3) is 5.91 Å². The number of rotatable bonds is 2. The SMILES string of the molecule is COc1ccc2c(c1)OC[C@]1([N+](=O)[O-])C(=S)N[C@]3(C(=O)N(C)c4ccccc43)[C@H]21. The fraction of sp³-hybridized carbons (Fsp3) is 0.300. The first-order chi connectivity index (χ1) is 13.9. The van der Waals surface area contributed by atoms with Gasteiger partial charge in [0.1, 0.15) is 17.4 Å². The molecule has 3 heterocycles. The molecule has 5 rings (SSSR count). The molecular weight excluding hydrogens is 394 g/mol. The van der Waals surface area contributed by atoms with E-state index in [2.05, 4.69) is 5.32 Å². The number of nitrogens with one attached hydrogen (secondary N) is 1. The maximum absolute atomic E-state index is 13.6. The maximum Gasteiger partial charge on any atom is 0.314 e. The lowest BCUT2D eigenvalue weighted by atomic mass is 9.68. The van der Waals surface area contributed by atoms with Crippen LogP contribution in [0.25, 0.3) is 0 Å². The van der Waals surface area contributed by atoms with E-state index in [1.165, 1.54) is 12.0 Å². The van der Waals surface area contributed by atoms with Crippen molar-refractivity contribution in [2.75, 3.05) is 25.7 Å². The number of fused-ring (bicyclic) bond motifs is 6. The summed E-state index contributed by atoms with van der Waals surface area (Å²) in [6.45, 7) is -0.266. The fourth-order valence-electron chi connectivity index (χ4n) is 4.91. The summed E-state index contributed by atoms with van der Waals surface area (Å²) in [7, 11) is 3.20. The highest BCUT2D eigenvalue weighted by molar-refractivity contribution is 7.80. The van der Waals surface area contributed by atoms with Crippen LogP contribution in [0.1, 0.15) is 17.0 Å². The molecule has 3 atom stereocenters. The average molecular weight is 411 g/mol. The van der Waals surface area contributed by atoms with Gasteiger partial charge in [-0.1, -0.05) is 36.5 Å². The number of likely N-dealkylation sites (N-methyl/N-ethyl adjacent to an activating group) is 1. The number of nitrogens with zero attached hydrogens (tertiary/aromatic N) is 2. The highest BCUT2D eigenvalue weighted by Crippen LogP contribution is 2.59. The van der Waals surface area contributed by atoms with Crippen LogP contribution < -0.4 is 19.7 Å². The molecule has 0 bridgehead atoms. The second kappa shape index (κ2) is 5.66. The van der Waals surface area contributed by atoms with E-state index in [0.29, 0.717) is 28.3 Å². The number of hydrogen-bond acceptors (Lipinski definition) is 6. The van der Waals surface area contributed by atoms with Crippen LogP contribution in [0.15, 0.2) is 42.5 Å². The van der Waals surface area contributed by atoms with Crippen LogP contribution >= 0.6 is 12.2 Å². The molecule has 0 saturated carbocycles. The van der Waals surface area contributed by atoms with Crippen molar-refractivity contribution in [1.82, 2.24) is 5.32 Å². The second-order valence-corrected chi connectivity index (χ2v) is 7.86. The number of benzene rings is 2. The molecule has 8 nitrogen and oxygen atoms in total. The molecule has 1 spiro atoms. The third-order valence-electron chi connectivity index (χ3n) is 6.25. The Morgan fingerprint density at radius 2 is 2.10 bits per heavy atom. The topological polar surface area (TPSA) is 93.9 Å². The smallest absolute Gasteiger partial charge is 0.314 e. The molecule has 1 N–H and O–H groups in total. The van der Waals surface area contributed by atoms with Gasteiger partial charge in [0.2, 0.25) is 0 Å². The van der Waals surface area contributed by atoms with Gasteiger partial charge in [-0.25, -0.2) is 0 Å². The van der Waals surface area contributed by atoms with E-state index in [4.69, 9.17) is 21.7 Å². The third kappa shape index (κ3) is 1.93. The van der Waals surface area contributed by atoms with Gasteiger partial charge in [0, 0.05) is 34.9 Å². The molecule has 0 radical (unpaired) electrons. The van der Waals surface area contributed by atoms with E-state index in [9.17, 15) is 14.9 Å². The summed E-state index contributed by atoms with van der Waals surface area (Å²) in [4.78, 5) is 27.1. The summed E-state index contributed by atoms with van der Waals surface area (Å²) < 4.78 is 11.1. The van der Waals surface area contributed by atoms with E-state index in [1.807, 2.05) is 24.3 Å². The van der Waals surface area contributed by atoms with Gasteiger partial charge in [-0.2, -0.15) is 0 Å². The first-order valence-electron chi connectivity index (χ1n) is 9.03. The predicted octanol–water partition coefficient (Wildman–Crippen LogP) is 1.99. The Morgan fingerprint density at radius 1 is 1.34 bits per heavy atom. The monoisotopic (exact) mass is 411 g/mol. The zero-order chi connectivity index (χ0) is 20.6. The van der Waals surface area contributed by atoms with Crippen molar-refractivity contribution in [3.8, 4) is 11.5 Å². The number of hydrogen-bond donors (Lipinski definition) is 1. The van der Waals surface area contributed by atoms with E-state index >= 15 is 0 Å². The van der Waals surface area contributed by atoms with Gasteiger partial charge in [-0.05, 0) is 12.1 Å². The molecule has 3 aliphatic heterocycles. The summed E-state index contributed by atoms with van der Waals surface area (Å²) in [6, 6.07) is 12.4. The molecule has 1 saturated heterocycles. The quantitative estimate of drug-likeness (QED) is 0.459. The molecule has 0 aliphatic carbocycles. The van der Waals surface area contributed by atoms with Crippen molar-refractivity contribution in [2.24, 2.45) is 0 Å². The largest absolute Gasteiger partial charge is 0.497 e. The van der Waals surface area contributed by atoms with Crippen LogP contribution in [0.2, 0.25) is 0 Å². The van der Waals surface area contributed by atoms with Crippen LogP contribution in [0.5, 0.6) is 11.5 Å². The van der Waals surface area contributed by atoms with E-state index in [1.54, 1.807) is 25.2 Å². The maximum atomic E-state index is 13.6. The summed E-state index contributed by atoms with van der Waals surface area (Å²) in [5.41, 5.74) is -1.19. The number of amides is 1. The van der Waals surface area contributed by atoms with Crippen LogP contribution in [0.3, 0.4) is 0 Å². The molecule has 2 aromatic rings. The summed E-state index contributed by atoms with van der Waals surface area (Å²) in [5.74, 6) is -0.128. The van der Waals surface area contributed by atoms with Crippen molar-refractivity contribution < 1.29 is 19.2 Å². The number of para-hydroxylation sites is 1. The minimum Gasteiger partial charge on any atom is -0.497 e. The second-order valence-electron chi connectivity index (χ2n) is 7.45. The molecule has 3 aliphatic rings. The van der Waals surface area contributed by atoms with Crippen molar-refractivity contribution in [1.29, 1.82) is 0 Å². The van der Waals surface area contributed by atoms with Gasteiger partial charge >= 0.3 is 5.54 Å². The van der Waals surface area contributed by atoms with Gasteiger partial charge in [-0.15, -0.1) is 0 Å². The fourth-order valence-corrected chi connectivity index (χ4v) is 5.32. The summed E-state index contributed by atoms with van der Waals surface area (Å²) in [6.07, 6.45) is 0. The molecule has 2 aromatic carbocycles. The third-order valence-corrected chi connectivity index (χ3v) is 6.71. The first kappa shape index (κ1) is 17.9. The van der Waals surface area contributed by atoms with Crippen molar-refractivity contribution >= 4 is 28.8 Å². The highest BCUT2D eigenvalue weighted by Gasteiger charge is 2.76. The Hall–Kier alpha value is -3.20. The van der Waals surface area contributed by atoms with Gasteiger partial charge in [0.15, 0.2) is 17.1 Å². The normalized spacial score (nSPS) is 29.0. The number of nitro groups is 1. The standard InChI is InChI=1S/C20H17N3O5S/c1-22-14-6-4-3-5-13(14)20(18(22)24)16-12-8-7-11(27-2)9-15(12)28-10-19(16,23(25)26)17(29)21-20/h3-9,16H,10H2,1-2H3,(H,21,29)/t16-,19-,20+/m1/s1. The molecule has 1 fully saturated rings. The number of carbonyl (C=O) groups is 1. The Bertz CT molecular complexity index is 1110. The van der Waals surface area contributed by atoms with Crippen molar-refractivity contribution in [3.05, 3.63) is 63.7 Å². The molecule has 1 amide bonds. The number of carbonyl (C=O) groups excluding carboxylic acids is 1. The number of anilines is 1. The Kier molecular flexibility index (Phi) is 3.49. The molecule has 148 valence electrons. The van der Waals surface area contributed by atoms with Gasteiger partial charge in [-0.3, -0.25) is 14.9 Å². The van der Waals surface area contributed by atoms with Crippen LogP contribution in [-0.4, -0.2) is 42.1 Å². The highest BCUT2D eigenvalue weighted by atomic mass is 32.1. The molecular formula is C20H17N3O5S. The van der Waals surface area contributed by atoms with E-state index in [0.717, 1.165) is 0 Å². The Balaban J connectivity index is 1.84. The number of thiocarbonyl (C=S) groups is 1. The van der Waals surface area contributed by atoms with E-state index < -0.39 is 21.9 Å². The Morgan fingerprint density at radius 3 is 2.83 bits per heavy atom. The summed E-state index contributed by atoms with van der Waals surface area (Å²) in [5, 5.41) is 15.5. The molecule has 0 aromatic heterocycles. The van der Waals surface area contributed by atoms with Gasteiger partial charge in [0.05, 0.1) is 7.11 Å². The van der Waals surface area contributed by atoms with Crippen LogP contribution in [-0.2, 0) is 10.3 Å². The minimum absolute atomic E-state index is 0.00687. The van der Waals surface area contributed by atoms with Crippen LogP contribution in [0.4, 0.5) is 5.69 Å². The summed E-state index contributed by atoms with van der Waals surface area (Å²) >= 11 is 5.48. The lowest BCUT2D eigenvalue weighted by molar-refractivity contribution is -0.554. The lowest BCUT2D eigenvalue weighted by Crippen LogP contribution is -2.57. The van der Waals surface area contributed by atoms with E-state index in [-0.39, 0.29) is 17.5 Å². The lowest BCUT2D eigenvalue weighted by Gasteiger charge is -2.37. The zero-order valence-corrected chi connectivity index (χ0v) is 16.5. The molecule has 0 unspecified atom stereocenters. The van der Waals surface area contributed by atoms with Crippen LogP contribution in [0, 0.1) is 10.1 Å². The average Bonchev–Trinajstić information content (AvgIpc) is 3.13. The molecule has 9 heteroatoms.